The third-order valence-electron chi connectivity index (χ3n) is 3.57. The van der Waals surface area contributed by atoms with Crippen molar-refractivity contribution >= 4 is 5.91 Å². The first kappa shape index (κ1) is 16.4. The van der Waals surface area contributed by atoms with Gasteiger partial charge in [0.1, 0.15) is 0 Å². The SMILES string of the molecule is CC(C(=O)NCCCOCCO)N1CCCCCC1. The molecule has 0 aromatic carbocycles. The standard InChI is InChI=1S/C14H28N2O3/c1-13(16-8-4-2-3-5-9-16)14(18)15-7-6-11-19-12-10-17/h13,17H,2-12H2,1H3,(H,15,18). The first-order chi connectivity index (χ1) is 9.25. The molecule has 0 aromatic rings. The number of aliphatic hydroxyl groups is 1. The molecule has 0 aromatic heterocycles. The predicted octanol–water partition coefficient (Wildman–Crippen LogP) is 0.766. The van der Waals surface area contributed by atoms with Crippen LogP contribution >= 0.6 is 0 Å². The van der Waals surface area contributed by atoms with Crippen molar-refractivity contribution in [2.75, 3.05) is 39.5 Å². The van der Waals surface area contributed by atoms with E-state index in [1.54, 1.807) is 0 Å². The fourth-order valence-corrected chi connectivity index (χ4v) is 2.35. The van der Waals surface area contributed by atoms with Gasteiger partial charge in [-0.3, -0.25) is 9.69 Å². The van der Waals surface area contributed by atoms with Crippen LogP contribution in [0.25, 0.3) is 0 Å². The monoisotopic (exact) mass is 272 g/mol. The molecule has 19 heavy (non-hydrogen) atoms. The van der Waals surface area contributed by atoms with Crippen molar-refractivity contribution in [3.8, 4) is 0 Å². The normalized spacial score (nSPS) is 18.8. The molecule has 1 aliphatic heterocycles. The van der Waals surface area contributed by atoms with E-state index in [1.807, 2.05) is 6.92 Å². The van der Waals surface area contributed by atoms with Crippen molar-refractivity contribution in [3.05, 3.63) is 0 Å². The minimum Gasteiger partial charge on any atom is -0.394 e. The zero-order chi connectivity index (χ0) is 13.9. The molecule has 112 valence electrons. The molecular weight excluding hydrogens is 244 g/mol. The van der Waals surface area contributed by atoms with Gasteiger partial charge in [-0.15, -0.1) is 0 Å². The number of aliphatic hydroxyl groups excluding tert-OH is 1. The Hall–Kier alpha value is -0.650. The summed E-state index contributed by atoms with van der Waals surface area (Å²) < 4.78 is 5.15. The summed E-state index contributed by atoms with van der Waals surface area (Å²) in [6, 6.07) is -0.0311. The van der Waals surface area contributed by atoms with Gasteiger partial charge in [0.2, 0.25) is 5.91 Å². The van der Waals surface area contributed by atoms with Crippen LogP contribution in [0.15, 0.2) is 0 Å². The molecule has 0 aliphatic carbocycles. The molecule has 5 heteroatoms. The van der Waals surface area contributed by atoms with Crippen LogP contribution in [0, 0.1) is 0 Å². The Bertz CT molecular complexity index is 241. The maximum atomic E-state index is 12.0. The minimum atomic E-state index is -0.0311. The van der Waals surface area contributed by atoms with Gasteiger partial charge in [0.25, 0.3) is 0 Å². The molecule has 1 amide bonds. The summed E-state index contributed by atoms with van der Waals surface area (Å²) in [4.78, 5) is 14.3. The van der Waals surface area contributed by atoms with E-state index in [9.17, 15) is 4.79 Å². The van der Waals surface area contributed by atoms with E-state index in [-0.39, 0.29) is 18.6 Å². The van der Waals surface area contributed by atoms with Crippen LogP contribution in [0.1, 0.15) is 39.0 Å². The number of nitrogens with zero attached hydrogens (tertiary/aromatic N) is 1. The third kappa shape index (κ3) is 6.89. The zero-order valence-corrected chi connectivity index (χ0v) is 12.1. The third-order valence-corrected chi connectivity index (χ3v) is 3.57. The average Bonchev–Trinajstić information content (AvgIpc) is 2.70. The average molecular weight is 272 g/mol. The van der Waals surface area contributed by atoms with Crippen molar-refractivity contribution in [1.29, 1.82) is 0 Å². The van der Waals surface area contributed by atoms with Gasteiger partial charge in [0.05, 0.1) is 19.3 Å². The second-order valence-corrected chi connectivity index (χ2v) is 5.11. The highest BCUT2D eigenvalue weighted by atomic mass is 16.5. The van der Waals surface area contributed by atoms with E-state index in [2.05, 4.69) is 10.2 Å². The van der Waals surface area contributed by atoms with Crippen LogP contribution in [-0.2, 0) is 9.53 Å². The number of hydrogen-bond donors (Lipinski definition) is 2. The number of carbonyl (C=O) groups is 1. The number of nitrogens with one attached hydrogen (secondary N) is 1. The van der Waals surface area contributed by atoms with Gasteiger partial charge >= 0.3 is 0 Å². The minimum absolute atomic E-state index is 0.0311. The lowest BCUT2D eigenvalue weighted by atomic mass is 10.2. The molecule has 1 unspecified atom stereocenters. The van der Waals surface area contributed by atoms with Gasteiger partial charge < -0.3 is 15.2 Å². The molecule has 1 rings (SSSR count). The molecule has 0 saturated carbocycles. The van der Waals surface area contributed by atoms with Gasteiger partial charge in [-0.05, 0) is 39.3 Å². The Kier molecular flexibility index (Phi) is 8.79. The molecular formula is C14H28N2O3. The highest BCUT2D eigenvalue weighted by Crippen LogP contribution is 2.12. The Balaban J connectivity index is 2.13. The van der Waals surface area contributed by atoms with E-state index in [0.717, 1.165) is 19.5 Å². The molecule has 5 nitrogen and oxygen atoms in total. The molecule has 1 aliphatic rings. The first-order valence-corrected chi connectivity index (χ1v) is 7.46. The van der Waals surface area contributed by atoms with Crippen LogP contribution in [0.4, 0.5) is 0 Å². The van der Waals surface area contributed by atoms with Crippen molar-refractivity contribution in [1.82, 2.24) is 10.2 Å². The summed E-state index contributed by atoms with van der Waals surface area (Å²) in [5, 5.41) is 11.5. The summed E-state index contributed by atoms with van der Waals surface area (Å²) in [5.41, 5.74) is 0. The fourth-order valence-electron chi connectivity index (χ4n) is 2.35. The summed E-state index contributed by atoms with van der Waals surface area (Å²) >= 11 is 0. The quantitative estimate of drug-likeness (QED) is 0.641. The van der Waals surface area contributed by atoms with Crippen molar-refractivity contribution in [2.24, 2.45) is 0 Å². The summed E-state index contributed by atoms with van der Waals surface area (Å²) in [6.45, 7) is 5.71. The van der Waals surface area contributed by atoms with Gasteiger partial charge in [-0.1, -0.05) is 12.8 Å². The highest BCUT2D eigenvalue weighted by Gasteiger charge is 2.21. The van der Waals surface area contributed by atoms with Gasteiger partial charge in [-0.2, -0.15) is 0 Å². The number of carbonyl (C=O) groups excluding carboxylic acids is 1. The lowest BCUT2D eigenvalue weighted by Gasteiger charge is -2.26. The van der Waals surface area contributed by atoms with Crippen LogP contribution in [-0.4, -0.2) is 61.4 Å². The second kappa shape index (κ2) is 10.2. The summed E-state index contributed by atoms with van der Waals surface area (Å²) in [6.07, 6.45) is 5.76. The van der Waals surface area contributed by atoms with E-state index in [4.69, 9.17) is 9.84 Å². The van der Waals surface area contributed by atoms with Gasteiger partial charge in [0.15, 0.2) is 0 Å². The largest absolute Gasteiger partial charge is 0.394 e. The molecule has 0 spiro atoms. The van der Waals surface area contributed by atoms with E-state index in [1.165, 1.54) is 25.7 Å². The second-order valence-electron chi connectivity index (χ2n) is 5.11. The maximum absolute atomic E-state index is 12.0. The van der Waals surface area contributed by atoms with Crippen molar-refractivity contribution < 1.29 is 14.6 Å². The first-order valence-electron chi connectivity index (χ1n) is 7.46. The van der Waals surface area contributed by atoms with E-state index >= 15 is 0 Å². The lowest BCUT2D eigenvalue weighted by Crippen LogP contribution is -2.45. The summed E-state index contributed by atoms with van der Waals surface area (Å²) in [7, 11) is 0. The number of hydrogen-bond acceptors (Lipinski definition) is 4. The number of likely N-dealkylation sites (tertiary alicyclic amines) is 1. The molecule has 1 heterocycles. The van der Waals surface area contributed by atoms with Gasteiger partial charge in [0, 0.05) is 13.2 Å². The Morgan fingerprint density at radius 2 is 1.95 bits per heavy atom. The maximum Gasteiger partial charge on any atom is 0.237 e. The zero-order valence-electron chi connectivity index (χ0n) is 12.1. The molecule has 1 fully saturated rings. The summed E-state index contributed by atoms with van der Waals surface area (Å²) in [5.74, 6) is 0.115. The van der Waals surface area contributed by atoms with Crippen molar-refractivity contribution in [2.45, 2.75) is 45.1 Å². The van der Waals surface area contributed by atoms with Gasteiger partial charge in [-0.25, -0.2) is 0 Å². The lowest BCUT2D eigenvalue weighted by molar-refractivity contribution is -0.125. The smallest absolute Gasteiger partial charge is 0.237 e. The Morgan fingerprint density at radius 1 is 1.26 bits per heavy atom. The number of amides is 1. The van der Waals surface area contributed by atoms with E-state index < -0.39 is 0 Å². The topological polar surface area (TPSA) is 61.8 Å². The Labute approximate surface area is 116 Å². The molecule has 0 radical (unpaired) electrons. The van der Waals surface area contributed by atoms with Crippen LogP contribution in [0.3, 0.4) is 0 Å². The molecule has 1 atom stereocenters. The highest BCUT2D eigenvalue weighted by molar-refractivity contribution is 5.81. The number of rotatable bonds is 8. The van der Waals surface area contributed by atoms with Crippen molar-refractivity contribution in [3.63, 3.8) is 0 Å². The van der Waals surface area contributed by atoms with E-state index in [0.29, 0.717) is 19.8 Å². The van der Waals surface area contributed by atoms with Crippen LogP contribution < -0.4 is 5.32 Å². The number of ether oxygens (including phenoxy) is 1. The molecule has 1 saturated heterocycles. The molecule has 2 N–H and O–H groups in total. The Morgan fingerprint density at radius 3 is 2.58 bits per heavy atom. The van der Waals surface area contributed by atoms with Crippen LogP contribution in [0.2, 0.25) is 0 Å². The van der Waals surface area contributed by atoms with Crippen LogP contribution in [0.5, 0.6) is 0 Å². The molecule has 0 bridgehead atoms. The fraction of sp³-hybridized carbons (Fsp3) is 0.929. The predicted molar refractivity (Wildman–Crippen MR) is 75.0 cm³/mol.